The molecule has 62 valence electrons. The lowest BCUT2D eigenvalue weighted by molar-refractivity contribution is 0.501. The third kappa shape index (κ3) is 1.16. The molecule has 0 radical (unpaired) electrons. The van der Waals surface area contributed by atoms with Crippen molar-refractivity contribution < 1.29 is 17.6 Å². The van der Waals surface area contributed by atoms with Crippen LogP contribution >= 0.6 is 31.9 Å². The van der Waals surface area contributed by atoms with Crippen molar-refractivity contribution in [3.05, 3.63) is 23.3 Å². The zero-order chi connectivity index (χ0) is 8.81. The minimum atomic E-state index is -2.14. The monoisotopic (exact) mass is 294 g/mol. The molecule has 0 heterocycles. The second-order valence-corrected chi connectivity index (χ2v) is 5.27. The lowest BCUT2D eigenvalue weighted by atomic mass is 10.4. The molecule has 0 aromatic carbocycles. The van der Waals surface area contributed by atoms with E-state index in [9.17, 15) is 17.6 Å². The minimum absolute atomic E-state index is 1.55. The Hall–Kier alpha value is 0.160. The van der Waals surface area contributed by atoms with E-state index < -0.39 is 26.5 Å². The molecule has 0 amide bonds. The largest absolute Gasteiger partial charge is 0.205 e. The number of allylic oxidation sites excluding steroid dienone is 4. The van der Waals surface area contributed by atoms with Crippen molar-refractivity contribution in [1.82, 2.24) is 0 Å². The third-order valence-corrected chi connectivity index (χ3v) is 2.52. The molecule has 0 bridgehead atoms. The Morgan fingerprint density at radius 1 is 0.818 bits per heavy atom. The fourth-order valence-corrected chi connectivity index (χ4v) is 1.26. The number of hydrogen-bond acceptors (Lipinski definition) is 0. The summed E-state index contributed by atoms with van der Waals surface area (Å²) < 4.78 is 47.3. The zero-order valence-electron chi connectivity index (χ0n) is 4.77. The molecule has 0 saturated carbocycles. The van der Waals surface area contributed by atoms with Crippen molar-refractivity contribution in [2.24, 2.45) is 0 Å². The molecule has 0 unspecified atom stereocenters. The maximum Gasteiger partial charge on any atom is 0.195 e. The van der Waals surface area contributed by atoms with E-state index in [2.05, 4.69) is 31.9 Å². The van der Waals surface area contributed by atoms with E-state index in [1.165, 1.54) is 0 Å². The first kappa shape index (κ1) is 9.25. The normalized spacial score (nSPS) is 23.5. The van der Waals surface area contributed by atoms with Crippen LogP contribution in [0.3, 0.4) is 0 Å². The van der Waals surface area contributed by atoms with Crippen LogP contribution in [0.25, 0.3) is 0 Å². The molecule has 1 aliphatic rings. The van der Waals surface area contributed by atoms with Crippen LogP contribution in [0.2, 0.25) is 0 Å². The molecule has 0 spiro atoms. The van der Waals surface area contributed by atoms with Gasteiger partial charge in [0.15, 0.2) is 26.5 Å². The van der Waals surface area contributed by atoms with E-state index in [0.717, 1.165) is 0 Å². The quantitative estimate of drug-likeness (QED) is 0.471. The Balaban J connectivity index is 3.27. The Morgan fingerprint density at radius 2 is 1.09 bits per heavy atom. The first-order chi connectivity index (χ1) is 4.89. The van der Waals surface area contributed by atoms with E-state index in [0.29, 0.717) is 0 Å². The van der Waals surface area contributed by atoms with E-state index in [1.807, 2.05) is 0 Å². The zero-order valence-corrected chi connectivity index (χ0v) is 7.94. The van der Waals surface area contributed by atoms with Gasteiger partial charge in [0.05, 0.1) is 0 Å². The molecule has 6 heteroatoms. The summed E-state index contributed by atoms with van der Waals surface area (Å²) in [5, 5.41) is 0. The molecule has 1 rings (SSSR count). The van der Waals surface area contributed by atoms with Gasteiger partial charge in [-0.2, -0.15) is 0 Å². The first-order valence-electron chi connectivity index (χ1n) is 2.38. The topological polar surface area (TPSA) is 0 Å². The molecule has 0 atom stereocenters. The first-order valence-corrected chi connectivity index (χ1v) is 3.97. The van der Waals surface area contributed by atoms with Crippen LogP contribution in [0.5, 0.6) is 0 Å². The molecule has 0 aliphatic heterocycles. The van der Waals surface area contributed by atoms with E-state index >= 15 is 0 Å². The van der Waals surface area contributed by atoms with Gasteiger partial charge in [-0.05, 0) is 0 Å². The highest BCUT2D eigenvalue weighted by atomic mass is 79.9. The molecule has 0 nitrogen and oxygen atoms in total. The predicted octanol–water partition coefficient (Wildman–Crippen LogP) is 3.79. The highest BCUT2D eigenvalue weighted by Crippen LogP contribution is 2.52. The molecule has 0 N–H and O–H groups in total. The summed E-state index contributed by atoms with van der Waals surface area (Å²) in [6.07, 6.45) is 0. The van der Waals surface area contributed by atoms with Crippen LogP contribution in [-0.4, -0.2) is 3.23 Å². The van der Waals surface area contributed by atoms with Crippen LogP contribution in [0.15, 0.2) is 23.3 Å². The smallest absolute Gasteiger partial charge is 0.195 e. The standard InChI is InChI=1S/C5Br2F4/c6-5(7)3(10)1(8)2(9)4(5)11. The molecule has 0 fully saturated rings. The second-order valence-electron chi connectivity index (χ2n) is 1.83. The van der Waals surface area contributed by atoms with Crippen molar-refractivity contribution in [1.29, 1.82) is 0 Å². The number of halogens is 6. The lowest BCUT2D eigenvalue weighted by Crippen LogP contribution is -2.09. The number of hydrogen-bond donors (Lipinski definition) is 0. The van der Waals surface area contributed by atoms with Crippen LogP contribution in [0, 0.1) is 0 Å². The Kier molecular flexibility index (Phi) is 2.17. The average Bonchev–Trinajstić information content (AvgIpc) is 2.06. The van der Waals surface area contributed by atoms with Gasteiger partial charge in [0.1, 0.15) is 0 Å². The van der Waals surface area contributed by atoms with Crippen LogP contribution in [0.1, 0.15) is 0 Å². The molecule has 0 aromatic rings. The van der Waals surface area contributed by atoms with Crippen LogP contribution in [-0.2, 0) is 0 Å². The van der Waals surface area contributed by atoms with Crippen LogP contribution < -0.4 is 0 Å². The fraction of sp³-hybridized carbons (Fsp3) is 0.200. The van der Waals surface area contributed by atoms with Gasteiger partial charge in [0, 0.05) is 0 Å². The molecule has 0 aromatic heterocycles. The summed E-state index contributed by atoms with van der Waals surface area (Å²) in [4.78, 5) is 0. The van der Waals surface area contributed by atoms with Gasteiger partial charge in [-0.15, -0.1) is 0 Å². The van der Waals surface area contributed by atoms with Crippen molar-refractivity contribution in [2.75, 3.05) is 0 Å². The maximum absolute atomic E-state index is 12.5. The second kappa shape index (κ2) is 2.58. The van der Waals surface area contributed by atoms with Crippen molar-refractivity contribution in [2.45, 2.75) is 3.23 Å². The lowest BCUT2D eigenvalue weighted by Gasteiger charge is -2.09. The summed E-state index contributed by atoms with van der Waals surface area (Å²) in [7, 11) is 0. The summed E-state index contributed by atoms with van der Waals surface area (Å²) >= 11 is 4.85. The summed E-state index contributed by atoms with van der Waals surface area (Å²) in [5.41, 5.74) is 0. The molecular formula is C5Br2F4. The Morgan fingerprint density at radius 3 is 1.18 bits per heavy atom. The average molecular weight is 296 g/mol. The SMILES string of the molecule is FC1=C(F)C(Br)(Br)C(F)=C1F. The fourth-order valence-electron chi connectivity index (χ4n) is 0.565. The van der Waals surface area contributed by atoms with Gasteiger partial charge < -0.3 is 0 Å². The number of rotatable bonds is 0. The van der Waals surface area contributed by atoms with Crippen molar-refractivity contribution >= 4 is 31.9 Å². The Bertz CT molecular complexity index is 240. The van der Waals surface area contributed by atoms with Gasteiger partial charge in [-0.3, -0.25) is 0 Å². The van der Waals surface area contributed by atoms with E-state index in [4.69, 9.17) is 0 Å². The third-order valence-electron chi connectivity index (χ3n) is 1.13. The van der Waals surface area contributed by atoms with Gasteiger partial charge >= 0.3 is 0 Å². The summed E-state index contributed by atoms with van der Waals surface area (Å²) in [6, 6.07) is 0. The number of alkyl halides is 2. The van der Waals surface area contributed by atoms with Crippen molar-refractivity contribution in [3.63, 3.8) is 0 Å². The summed E-state index contributed by atoms with van der Waals surface area (Å²) in [6.45, 7) is 0. The highest BCUT2D eigenvalue weighted by molar-refractivity contribution is 9.25. The summed E-state index contributed by atoms with van der Waals surface area (Å²) in [5.74, 6) is -6.72. The minimum Gasteiger partial charge on any atom is -0.205 e. The van der Waals surface area contributed by atoms with E-state index in [1.54, 1.807) is 0 Å². The van der Waals surface area contributed by atoms with Crippen LogP contribution in [0.4, 0.5) is 17.6 Å². The predicted molar refractivity (Wildman–Crippen MR) is 39.1 cm³/mol. The van der Waals surface area contributed by atoms with Gasteiger partial charge in [0.2, 0.25) is 0 Å². The highest BCUT2D eigenvalue weighted by Gasteiger charge is 2.47. The van der Waals surface area contributed by atoms with Gasteiger partial charge in [-0.25, -0.2) is 17.6 Å². The van der Waals surface area contributed by atoms with Gasteiger partial charge in [0.25, 0.3) is 0 Å². The van der Waals surface area contributed by atoms with Crippen molar-refractivity contribution in [3.8, 4) is 0 Å². The Labute approximate surface area is 76.2 Å². The molecule has 11 heavy (non-hydrogen) atoms. The van der Waals surface area contributed by atoms with Gasteiger partial charge in [-0.1, -0.05) is 31.9 Å². The van der Waals surface area contributed by atoms with E-state index in [-0.39, 0.29) is 0 Å². The molecule has 1 aliphatic carbocycles. The molecular weight excluding hydrogens is 296 g/mol. The molecule has 0 saturated heterocycles. The maximum atomic E-state index is 12.5.